The average Bonchev–Trinajstić information content (AvgIpc) is 2.93. The van der Waals surface area contributed by atoms with Gasteiger partial charge in [-0.25, -0.2) is 0 Å². The van der Waals surface area contributed by atoms with E-state index in [-0.39, 0.29) is 0 Å². The maximum absolute atomic E-state index is 6.08. The number of hydrogen-bond acceptors (Lipinski definition) is 4. The molecule has 2 aromatic carbocycles. The zero-order valence-electron chi connectivity index (χ0n) is 11.1. The summed E-state index contributed by atoms with van der Waals surface area (Å²) in [6.45, 7) is 1.98. The Hall–Kier alpha value is -1.92. The lowest BCUT2D eigenvalue weighted by Gasteiger charge is -2.09. The zero-order chi connectivity index (χ0) is 15.0. The van der Waals surface area contributed by atoms with Crippen molar-refractivity contribution >= 4 is 33.2 Å². The molecule has 0 radical (unpaired) electrons. The molecule has 5 nitrogen and oxygen atoms in total. The highest BCUT2D eigenvalue weighted by atomic mass is 79.9. The van der Waals surface area contributed by atoms with Gasteiger partial charge < -0.3 is 5.73 Å². The molecule has 1 heterocycles. The van der Waals surface area contributed by atoms with E-state index >= 15 is 0 Å². The van der Waals surface area contributed by atoms with E-state index in [4.69, 9.17) is 17.3 Å². The number of nitrogen functional groups attached to an aromatic ring is 1. The Bertz CT molecular complexity index is 749. The number of aromatic nitrogens is 4. The summed E-state index contributed by atoms with van der Waals surface area (Å²) in [5, 5.41) is 12.6. The summed E-state index contributed by atoms with van der Waals surface area (Å²) >= 11 is 9.58. The van der Waals surface area contributed by atoms with Crippen molar-refractivity contribution in [2.24, 2.45) is 0 Å². The van der Waals surface area contributed by atoms with Gasteiger partial charge in [0.25, 0.3) is 0 Å². The first-order valence-electron chi connectivity index (χ1n) is 6.16. The molecule has 7 heteroatoms. The second-order valence-electron chi connectivity index (χ2n) is 4.58. The topological polar surface area (TPSA) is 69.6 Å². The third kappa shape index (κ3) is 2.64. The van der Waals surface area contributed by atoms with E-state index < -0.39 is 0 Å². The van der Waals surface area contributed by atoms with Gasteiger partial charge in [0.15, 0.2) is 5.82 Å². The largest absolute Gasteiger partial charge is 0.399 e. The second-order valence-corrected chi connectivity index (χ2v) is 5.88. The van der Waals surface area contributed by atoms with Gasteiger partial charge in [-0.2, -0.15) is 4.68 Å². The van der Waals surface area contributed by atoms with Crippen molar-refractivity contribution in [3.8, 4) is 17.1 Å². The van der Waals surface area contributed by atoms with Crippen molar-refractivity contribution in [3.05, 3.63) is 51.5 Å². The fraction of sp³-hybridized carbons (Fsp3) is 0.0714. The highest BCUT2D eigenvalue weighted by molar-refractivity contribution is 9.10. The highest BCUT2D eigenvalue weighted by Crippen LogP contribution is 2.30. The molecule has 3 aromatic rings. The van der Waals surface area contributed by atoms with Crippen molar-refractivity contribution in [1.29, 1.82) is 0 Å². The molecular formula is C14H11BrClN5. The maximum atomic E-state index is 6.08. The number of anilines is 1. The Morgan fingerprint density at radius 3 is 2.81 bits per heavy atom. The Kier molecular flexibility index (Phi) is 3.65. The minimum Gasteiger partial charge on any atom is -0.399 e. The molecule has 0 saturated heterocycles. The van der Waals surface area contributed by atoms with E-state index in [0.717, 1.165) is 21.3 Å². The van der Waals surface area contributed by atoms with Crippen LogP contribution in [0.2, 0.25) is 5.02 Å². The van der Waals surface area contributed by atoms with Crippen LogP contribution in [0.15, 0.2) is 40.9 Å². The molecule has 0 amide bonds. The van der Waals surface area contributed by atoms with Crippen molar-refractivity contribution in [3.63, 3.8) is 0 Å². The van der Waals surface area contributed by atoms with Crippen LogP contribution in [0.25, 0.3) is 17.1 Å². The Labute approximate surface area is 134 Å². The first-order valence-corrected chi connectivity index (χ1v) is 7.33. The van der Waals surface area contributed by atoms with Crippen LogP contribution in [0.1, 0.15) is 5.56 Å². The van der Waals surface area contributed by atoms with E-state index in [1.54, 1.807) is 4.68 Å². The number of benzene rings is 2. The molecule has 0 saturated carbocycles. The summed E-state index contributed by atoms with van der Waals surface area (Å²) in [7, 11) is 0. The second kappa shape index (κ2) is 5.46. The van der Waals surface area contributed by atoms with Crippen LogP contribution in [0.4, 0.5) is 5.69 Å². The quantitative estimate of drug-likeness (QED) is 0.705. The van der Waals surface area contributed by atoms with Gasteiger partial charge in [0.1, 0.15) is 0 Å². The molecule has 0 unspecified atom stereocenters. The van der Waals surface area contributed by atoms with Crippen LogP contribution in [0, 0.1) is 6.92 Å². The lowest BCUT2D eigenvalue weighted by Crippen LogP contribution is -2.03. The highest BCUT2D eigenvalue weighted by Gasteiger charge is 2.15. The van der Waals surface area contributed by atoms with Gasteiger partial charge in [-0.1, -0.05) is 33.6 Å². The van der Waals surface area contributed by atoms with Crippen LogP contribution in [-0.2, 0) is 0 Å². The summed E-state index contributed by atoms with van der Waals surface area (Å²) in [6.07, 6.45) is 0. The molecule has 0 aliphatic heterocycles. The van der Waals surface area contributed by atoms with Gasteiger partial charge in [0.05, 0.1) is 5.69 Å². The van der Waals surface area contributed by atoms with Crippen LogP contribution in [-0.4, -0.2) is 20.2 Å². The third-order valence-corrected chi connectivity index (χ3v) is 4.03. The van der Waals surface area contributed by atoms with Crippen LogP contribution >= 0.6 is 27.5 Å². The Morgan fingerprint density at radius 1 is 1.19 bits per heavy atom. The molecular weight excluding hydrogens is 354 g/mol. The molecule has 0 bridgehead atoms. The predicted octanol–water partition coefficient (Wildman–Crippen LogP) is 3.64. The number of rotatable bonds is 2. The molecule has 0 aliphatic carbocycles. The average molecular weight is 365 g/mol. The van der Waals surface area contributed by atoms with Crippen LogP contribution in [0.3, 0.4) is 0 Å². The standard InChI is InChI=1S/C14H11BrClN5/c1-8-2-3-9(16)6-13(8)21-14(18-19-20-21)11-7-10(17)4-5-12(11)15/h2-7H,17H2,1H3. The van der Waals surface area contributed by atoms with Crippen molar-refractivity contribution in [2.75, 3.05) is 5.73 Å². The van der Waals surface area contributed by atoms with Gasteiger partial charge in [0, 0.05) is 20.7 Å². The van der Waals surface area contributed by atoms with E-state index in [1.165, 1.54) is 0 Å². The Morgan fingerprint density at radius 2 is 2.00 bits per heavy atom. The minimum atomic E-state index is 0.597. The smallest absolute Gasteiger partial charge is 0.188 e. The van der Waals surface area contributed by atoms with Gasteiger partial charge in [-0.3, -0.25) is 0 Å². The predicted molar refractivity (Wildman–Crippen MR) is 86.4 cm³/mol. The van der Waals surface area contributed by atoms with E-state index in [9.17, 15) is 0 Å². The molecule has 0 aliphatic rings. The van der Waals surface area contributed by atoms with Crippen LogP contribution in [0.5, 0.6) is 0 Å². The number of aryl methyl sites for hydroxylation is 1. The summed E-state index contributed by atoms with van der Waals surface area (Å²) in [4.78, 5) is 0. The number of nitrogens with zero attached hydrogens (tertiary/aromatic N) is 4. The molecule has 21 heavy (non-hydrogen) atoms. The van der Waals surface area contributed by atoms with Gasteiger partial charge >= 0.3 is 0 Å². The third-order valence-electron chi connectivity index (χ3n) is 3.10. The first kappa shape index (κ1) is 14.0. The van der Waals surface area contributed by atoms with Gasteiger partial charge in [-0.15, -0.1) is 5.10 Å². The fourth-order valence-electron chi connectivity index (χ4n) is 2.04. The Balaban J connectivity index is 2.22. The van der Waals surface area contributed by atoms with Crippen LogP contribution < -0.4 is 5.73 Å². The monoisotopic (exact) mass is 363 g/mol. The van der Waals surface area contributed by atoms with Gasteiger partial charge in [0.2, 0.25) is 0 Å². The molecule has 1 aromatic heterocycles. The minimum absolute atomic E-state index is 0.597. The maximum Gasteiger partial charge on any atom is 0.188 e. The summed E-state index contributed by atoms with van der Waals surface area (Å²) in [6, 6.07) is 11.1. The van der Waals surface area contributed by atoms with E-state index in [0.29, 0.717) is 16.5 Å². The number of nitrogens with two attached hydrogens (primary N) is 1. The van der Waals surface area contributed by atoms with Crippen molar-refractivity contribution in [1.82, 2.24) is 20.2 Å². The molecule has 106 valence electrons. The zero-order valence-corrected chi connectivity index (χ0v) is 13.4. The lowest BCUT2D eigenvalue weighted by molar-refractivity contribution is 0.787. The normalized spacial score (nSPS) is 10.8. The molecule has 2 N–H and O–H groups in total. The molecule has 0 atom stereocenters. The summed E-state index contributed by atoms with van der Waals surface area (Å²) in [5.41, 5.74) is 9.17. The summed E-state index contributed by atoms with van der Waals surface area (Å²) < 4.78 is 2.52. The fourth-order valence-corrected chi connectivity index (χ4v) is 2.63. The molecule has 0 spiro atoms. The summed E-state index contributed by atoms with van der Waals surface area (Å²) in [5.74, 6) is 0.597. The van der Waals surface area contributed by atoms with Crippen molar-refractivity contribution < 1.29 is 0 Å². The first-order chi connectivity index (χ1) is 10.1. The number of tetrazole rings is 1. The number of hydrogen-bond donors (Lipinski definition) is 1. The van der Waals surface area contributed by atoms with Crippen molar-refractivity contribution in [2.45, 2.75) is 6.92 Å². The lowest BCUT2D eigenvalue weighted by atomic mass is 10.1. The van der Waals surface area contributed by atoms with Gasteiger partial charge in [-0.05, 0) is 53.2 Å². The van der Waals surface area contributed by atoms with E-state index in [2.05, 4.69) is 31.5 Å². The molecule has 3 rings (SSSR count). The number of halogens is 2. The SMILES string of the molecule is Cc1ccc(Cl)cc1-n1nnnc1-c1cc(N)ccc1Br. The molecule has 0 fully saturated rings. The van der Waals surface area contributed by atoms with E-state index in [1.807, 2.05) is 43.3 Å².